The average molecular weight is 274 g/mol. The highest BCUT2D eigenvalue weighted by Crippen LogP contribution is 2.33. The molecule has 2 N–H and O–H groups in total. The number of nitrogens with zero attached hydrogens (tertiary/aromatic N) is 2. The van der Waals surface area contributed by atoms with E-state index in [1.807, 2.05) is 6.20 Å². The molecular formula is C11H20BrN3. The van der Waals surface area contributed by atoms with Crippen LogP contribution >= 0.6 is 15.9 Å². The van der Waals surface area contributed by atoms with Gasteiger partial charge in [0.1, 0.15) is 0 Å². The lowest BCUT2D eigenvalue weighted by molar-refractivity contribution is 0.404. The minimum atomic E-state index is 0.0638. The summed E-state index contributed by atoms with van der Waals surface area (Å²) < 4.78 is 3.15. The van der Waals surface area contributed by atoms with Crippen molar-refractivity contribution in [1.82, 2.24) is 9.78 Å². The van der Waals surface area contributed by atoms with Gasteiger partial charge in [-0.2, -0.15) is 5.10 Å². The second-order valence-corrected chi connectivity index (χ2v) is 5.66. The predicted octanol–water partition coefficient (Wildman–Crippen LogP) is 2.85. The normalized spacial score (nSPS) is 12.5. The number of aromatic nitrogens is 2. The van der Waals surface area contributed by atoms with Crippen molar-refractivity contribution in [2.24, 2.45) is 5.73 Å². The maximum atomic E-state index is 5.65. The predicted molar refractivity (Wildman–Crippen MR) is 67.0 cm³/mol. The molecule has 0 spiro atoms. The monoisotopic (exact) mass is 273 g/mol. The fourth-order valence-corrected chi connectivity index (χ4v) is 2.66. The molecule has 0 aromatic carbocycles. The zero-order valence-corrected chi connectivity index (χ0v) is 11.5. The van der Waals surface area contributed by atoms with Gasteiger partial charge in [-0.3, -0.25) is 4.68 Å². The van der Waals surface area contributed by atoms with Crippen LogP contribution in [0.4, 0.5) is 0 Å². The van der Waals surface area contributed by atoms with Gasteiger partial charge >= 0.3 is 0 Å². The van der Waals surface area contributed by atoms with Crippen LogP contribution in [0.2, 0.25) is 0 Å². The Balaban J connectivity index is 3.16. The van der Waals surface area contributed by atoms with Crippen LogP contribution in [-0.2, 0) is 5.41 Å². The van der Waals surface area contributed by atoms with Gasteiger partial charge in [-0.1, -0.05) is 13.8 Å². The lowest BCUT2D eigenvalue weighted by Gasteiger charge is -2.27. The smallest absolute Gasteiger partial charge is 0.0635 e. The first kappa shape index (κ1) is 12.7. The molecule has 15 heavy (non-hydrogen) atoms. The summed E-state index contributed by atoms with van der Waals surface area (Å²) in [6.07, 6.45) is 2.83. The molecule has 4 heteroatoms. The van der Waals surface area contributed by atoms with E-state index in [9.17, 15) is 0 Å². The molecule has 0 amide bonds. The van der Waals surface area contributed by atoms with Crippen molar-refractivity contribution < 1.29 is 0 Å². The maximum Gasteiger partial charge on any atom is 0.0635 e. The van der Waals surface area contributed by atoms with Crippen molar-refractivity contribution in [3.05, 3.63) is 16.4 Å². The molecule has 3 nitrogen and oxygen atoms in total. The lowest BCUT2D eigenvalue weighted by Crippen LogP contribution is -2.26. The van der Waals surface area contributed by atoms with Crippen LogP contribution in [-0.4, -0.2) is 16.3 Å². The van der Waals surface area contributed by atoms with Crippen LogP contribution in [0.1, 0.15) is 45.9 Å². The molecule has 1 aromatic heterocycles. The molecule has 0 aliphatic rings. The van der Waals surface area contributed by atoms with E-state index in [2.05, 4.69) is 53.4 Å². The largest absolute Gasteiger partial charge is 0.330 e. The molecule has 1 heterocycles. The Kier molecular flexibility index (Phi) is 3.95. The molecule has 0 aliphatic carbocycles. The number of rotatable bonds is 4. The maximum absolute atomic E-state index is 5.65. The molecule has 1 aromatic rings. The van der Waals surface area contributed by atoms with Crippen LogP contribution in [0.15, 0.2) is 10.7 Å². The van der Waals surface area contributed by atoms with Gasteiger partial charge in [0.25, 0.3) is 0 Å². The zero-order chi connectivity index (χ0) is 11.6. The average Bonchev–Trinajstić information content (AvgIpc) is 2.47. The summed E-state index contributed by atoms with van der Waals surface area (Å²) in [6.45, 7) is 9.40. The first-order valence-electron chi connectivity index (χ1n) is 5.33. The minimum absolute atomic E-state index is 0.0638. The standard InChI is InChI=1S/C11H20BrN3/c1-8(2)15-10(9(12)7-14-15)11(3,4)5-6-13/h7-8H,5-6,13H2,1-4H3. The van der Waals surface area contributed by atoms with Crippen molar-refractivity contribution in [2.75, 3.05) is 6.54 Å². The summed E-state index contributed by atoms with van der Waals surface area (Å²) >= 11 is 3.57. The fourth-order valence-electron chi connectivity index (χ4n) is 1.85. The number of nitrogens with two attached hydrogens (primary N) is 1. The summed E-state index contributed by atoms with van der Waals surface area (Å²) in [4.78, 5) is 0. The van der Waals surface area contributed by atoms with Crippen LogP contribution in [0.25, 0.3) is 0 Å². The third-order valence-electron chi connectivity index (χ3n) is 2.65. The van der Waals surface area contributed by atoms with E-state index >= 15 is 0 Å². The second kappa shape index (κ2) is 4.66. The number of hydrogen-bond donors (Lipinski definition) is 1. The second-order valence-electron chi connectivity index (χ2n) is 4.80. The molecule has 0 atom stereocenters. The van der Waals surface area contributed by atoms with Gasteiger partial charge in [0.2, 0.25) is 0 Å². The highest BCUT2D eigenvalue weighted by atomic mass is 79.9. The minimum Gasteiger partial charge on any atom is -0.330 e. The molecule has 0 saturated carbocycles. The SMILES string of the molecule is CC(C)n1ncc(Br)c1C(C)(C)CCN. The van der Waals surface area contributed by atoms with Crippen LogP contribution < -0.4 is 5.73 Å². The summed E-state index contributed by atoms with van der Waals surface area (Å²) in [6, 6.07) is 0.378. The summed E-state index contributed by atoms with van der Waals surface area (Å²) in [7, 11) is 0. The molecule has 1 rings (SSSR count). The molecule has 0 aliphatic heterocycles. The first-order valence-corrected chi connectivity index (χ1v) is 6.13. The number of halogens is 1. The summed E-state index contributed by atoms with van der Waals surface area (Å²) in [5.41, 5.74) is 6.95. The van der Waals surface area contributed by atoms with E-state index in [1.165, 1.54) is 5.69 Å². The molecule has 0 radical (unpaired) electrons. The van der Waals surface area contributed by atoms with Crippen LogP contribution in [0.5, 0.6) is 0 Å². The molecule has 0 fully saturated rings. The van der Waals surface area contributed by atoms with E-state index in [-0.39, 0.29) is 5.41 Å². The highest BCUT2D eigenvalue weighted by Gasteiger charge is 2.27. The van der Waals surface area contributed by atoms with E-state index in [4.69, 9.17) is 5.73 Å². The Morgan fingerprint density at radius 2 is 2.13 bits per heavy atom. The van der Waals surface area contributed by atoms with Crippen molar-refractivity contribution in [1.29, 1.82) is 0 Å². The van der Waals surface area contributed by atoms with E-state index in [0.717, 1.165) is 10.9 Å². The first-order chi connectivity index (χ1) is 6.90. The van der Waals surface area contributed by atoms with Gasteiger partial charge in [-0.25, -0.2) is 0 Å². The fraction of sp³-hybridized carbons (Fsp3) is 0.727. The highest BCUT2D eigenvalue weighted by molar-refractivity contribution is 9.10. The van der Waals surface area contributed by atoms with Gasteiger partial charge in [-0.05, 0) is 42.7 Å². The lowest BCUT2D eigenvalue weighted by atomic mass is 9.85. The Hall–Kier alpha value is -0.350. The van der Waals surface area contributed by atoms with Crippen LogP contribution in [0, 0.1) is 0 Å². The van der Waals surface area contributed by atoms with Gasteiger partial charge in [0.15, 0.2) is 0 Å². The summed E-state index contributed by atoms with van der Waals surface area (Å²) in [5.74, 6) is 0. The quantitative estimate of drug-likeness (QED) is 0.917. The third kappa shape index (κ3) is 2.61. The van der Waals surface area contributed by atoms with Crippen molar-refractivity contribution in [3.8, 4) is 0 Å². The molecular weight excluding hydrogens is 254 g/mol. The Labute approximate surface area is 100 Å². The van der Waals surface area contributed by atoms with Crippen molar-refractivity contribution in [2.45, 2.75) is 45.6 Å². The Bertz CT molecular complexity index is 329. The third-order valence-corrected chi connectivity index (χ3v) is 3.23. The van der Waals surface area contributed by atoms with E-state index < -0.39 is 0 Å². The van der Waals surface area contributed by atoms with Gasteiger partial charge in [0.05, 0.1) is 16.4 Å². The molecule has 0 bridgehead atoms. The number of hydrogen-bond acceptors (Lipinski definition) is 2. The Morgan fingerprint density at radius 3 is 2.60 bits per heavy atom. The zero-order valence-electron chi connectivity index (χ0n) is 9.92. The van der Waals surface area contributed by atoms with Gasteiger partial charge < -0.3 is 5.73 Å². The molecule has 0 unspecified atom stereocenters. The molecule has 0 saturated heterocycles. The van der Waals surface area contributed by atoms with E-state index in [0.29, 0.717) is 12.6 Å². The topological polar surface area (TPSA) is 43.8 Å². The molecule has 86 valence electrons. The van der Waals surface area contributed by atoms with Crippen molar-refractivity contribution >= 4 is 15.9 Å². The van der Waals surface area contributed by atoms with Gasteiger partial charge in [-0.15, -0.1) is 0 Å². The van der Waals surface area contributed by atoms with E-state index in [1.54, 1.807) is 0 Å². The Morgan fingerprint density at radius 1 is 1.53 bits per heavy atom. The summed E-state index contributed by atoms with van der Waals surface area (Å²) in [5, 5.41) is 4.39. The van der Waals surface area contributed by atoms with Crippen molar-refractivity contribution in [3.63, 3.8) is 0 Å². The van der Waals surface area contributed by atoms with Crippen LogP contribution in [0.3, 0.4) is 0 Å². The van der Waals surface area contributed by atoms with Gasteiger partial charge in [0, 0.05) is 11.5 Å².